The second-order valence-corrected chi connectivity index (χ2v) is 6.45. The van der Waals surface area contributed by atoms with Gasteiger partial charge in [0.25, 0.3) is 5.91 Å². The summed E-state index contributed by atoms with van der Waals surface area (Å²) in [6.45, 7) is 4.38. The Hall–Kier alpha value is -2.29. The molecule has 1 radical (unpaired) electrons. The summed E-state index contributed by atoms with van der Waals surface area (Å²) < 4.78 is 5.38. The zero-order valence-corrected chi connectivity index (χ0v) is 13.7. The highest BCUT2D eigenvalue weighted by molar-refractivity contribution is 7.11. The molecule has 0 bridgehead atoms. The van der Waals surface area contributed by atoms with Gasteiger partial charge >= 0.3 is 0 Å². The lowest BCUT2D eigenvalue weighted by molar-refractivity contribution is 0.0342. The van der Waals surface area contributed by atoms with Crippen LogP contribution in [0.15, 0.2) is 18.2 Å². The Morgan fingerprint density at radius 1 is 1.38 bits per heavy atom. The van der Waals surface area contributed by atoms with E-state index in [0.29, 0.717) is 11.5 Å². The van der Waals surface area contributed by atoms with E-state index in [1.807, 2.05) is 6.07 Å². The third-order valence-corrected chi connectivity index (χ3v) is 4.73. The van der Waals surface area contributed by atoms with Crippen molar-refractivity contribution in [3.63, 3.8) is 0 Å². The van der Waals surface area contributed by atoms with Gasteiger partial charge in [-0.3, -0.25) is 9.69 Å². The van der Waals surface area contributed by atoms with Gasteiger partial charge in [0.15, 0.2) is 10.8 Å². The molecular weight excluding hydrogens is 326 g/mol. The first-order chi connectivity index (χ1) is 11.7. The Balaban J connectivity index is 1.59. The molecule has 3 N–H and O–H groups in total. The van der Waals surface area contributed by atoms with E-state index in [1.165, 1.54) is 5.56 Å². The normalized spacial score (nSPS) is 15.8. The first-order valence-electron chi connectivity index (χ1n) is 7.66. The van der Waals surface area contributed by atoms with E-state index >= 15 is 0 Å². The number of benzene rings is 1. The number of hydrogen-bond donors (Lipinski definition) is 2. The van der Waals surface area contributed by atoms with Gasteiger partial charge in [-0.1, -0.05) is 6.07 Å². The third kappa shape index (κ3) is 3.03. The van der Waals surface area contributed by atoms with Crippen LogP contribution in [0.3, 0.4) is 0 Å². The van der Waals surface area contributed by atoms with E-state index in [4.69, 9.17) is 10.5 Å². The maximum Gasteiger partial charge on any atom is 0.277 e. The summed E-state index contributed by atoms with van der Waals surface area (Å²) in [5.41, 5.74) is 8.77. The van der Waals surface area contributed by atoms with E-state index < -0.39 is 5.91 Å². The maximum atomic E-state index is 11.2. The molecule has 7 nitrogen and oxygen atoms in total. The molecule has 0 spiro atoms. The number of fused-ring (bicyclic) bond motifs is 1. The summed E-state index contributed by atoms with van der Waals surface area (Å²) in [5.74, 6) is 0.0451. The number of aromatic amines is 1. The number of amides is 1. The van der Waals surface area contributed by atoms with Crippen molar-refractivity contribution in [3.8, 4) is 11.5 Å². The molecule has 0 unspecified atom stereocenters. The van der Waals surface area contributed by atoms with Crippen LogP contribution in [0.1, 0.15) is 15.4 Å². The van der Waals surface area contributed by atoms with Gasteiger partial charge in [-0.05, 0) is 17.7 Å². The number of thiazole rings is 1. The van der Waals surface area contributed by atoms with Crippen molar-refractivity contribution in [2.45, 2.75) is 6.54 Å². The number of carbonyl (C=O) groups excluding carboxylic acids is 1. The van der Waals surface area contributed by atoms with Crippen molar-refractivity contribution in [2.24, 2.45) is 5.73 Å². The van der Waals surface area contributed by atoms with Gasteiger partial charge in [0.05, 0.1) is 29.6 Å². The fourth-order valence-corrected chi connectivity index (χ4v) is 3.31. The molecule has 2 aromatic heterocycles. The third-order valence-electron chi connectivity index (χ3n) is 3.95. The Morgan fingerprint density at radius 2 is 2.21 bits per heavy atom. The summed E-state index contributed by atoms with van der Waals surface area (Å²) in [4.78, 5) is 25.5. The summed E-state index contributed by atoms with van der Waals surface area (Å²) in [5, 5.41) is 3.19. The zero-order chi connectivity index (χ0) is 16.5. The Bertz CT molecular complexity index is 882. The summed E-state index contributed by atoms with van der Waals surface area (Å²) in [6, 6.07) is 6.18. The number of carbonyl (C=O) groups is 1. The van der Waals surface area contributed by atoms with Crippen LogP contribution in [-0.4, -0.2) is 52.1 Å². The van der Waals surface area contributed by atoms with E-state index in [0.717, 1.165) is 55.2 Å². The lowest BCUT2D eigenvalue weighted by Crippen LogP contribution is -2.35. The fraction of sp³-hybridized carbons (Fsp3) is 0.312. The molecule has 0 saturated carbocycles. The number of imidazole rings is 1. The zero-order valence-electron chi connectivity index (χ0n) is 12.9. The molecule has 1 aliphatic heterocycles. The molecule has 8 heteroatoms. The second kappa shape index (κ2) is 6.31. The number of nitrogens with one attached hydrogen (secondary N) is 1. The van der Waals surface area contributed by atoms with E-state index in [2.05, 4.69) is 37.4 Å². The number of aromatic nitrogens is 3. The molecule has 1 aromatic carbocycles. The van der Waals surface area contributed by atoms with E-state index in [-0.39, 0.29) is 5.01 Å². The SMILES string of the molecule is NC(=O)c1nc(-c2nc3ccc(CN4CCOCC4)cc3[nH]2)[c]s1. The van der Waals surface area contributed by atoms with Crippen molar-refractivity contribution < 1.29 is 9.53 Å². The van der Waals surface area contributed by atoms with Gasteiger partial charge in [0.2, 0.25) is 0 Å². The van der Waals surface area contributed by atoms with Crippen molar-refractivity contribution in [1.29, 1.82) is 0 Å². The molecule has 0 aliphatic carbocycles. The average molecular weight is 342 g/mol. The number of nitrogens with zero attached hydrogens (tertiary/aromatic N) is 3. The lowest BCUT2D eigenvalue weighted by Gasteiger charge is -2.26. The van der Waals surface area contributed by atoms with Crippen LogP contribution < -0.4 is 5.73 Å². The molecule has 1 saturated heterocycles. The van der Waals surface area contributed by atoms with Crippen LogP contribution in [0.25, 0.3) is 22.6 Å². The standard InChI is InChI=1S/C16H16N5O2S/c17-14(22)16-20-13(9-24-16)15-18-11-2-1-10(7-12(11)19-15)8-21-3-5-23-6-4-21/h1-2,7H,3-6,8H2,(H2,17,22)(H,18,19). The summed E-state index contributed by atoms with van der Waals surface area (Å²) >= 11 is 1.10. The van der Waals surface area contributed by atoms with E-state index in [1.54, 1.807) is 0 Å². The number of nitrogens with two attached hydrogens (primary N) is 1. The molecule has 3 heterocycles. The van der Waals surface area contributed by atoms with Gasteiger partial charge in [-0.15, -0.1) is 11.3 Å². The molecule has 1 fully saturated rings. The predicted octanol–water partition coefficient (Wildman–Crippen LogP) is 1.42. The highest BCUT2D eigenvalue weighted by Crippen LogP contribution is 2.23. The van der Waals surface area contributed by atoms with Crippen LogP contribution >= 0.6 is 11.3 Å². The first kappa shape index (κ1) is 15.3. The van der Waals surface area contributed by atoms with Crippen molar-refractivity contribution in [1.82, 2.24) is 19.9 Å². The quantitative estimate of drug-likeness (QED) is 0.747. The Morgan fingerprint density at radius 3 is 2.96 bits per heavy atom. The monoisotopic (exact) mass is 342 g/mol. The lowest BCUT2D eigenvalue weighted by atomic mass is 10.2. The smallest absolute Gasteiger partial charge is 0.277 e. The molecule has 3 aromatic rings. The molecule has 123 valence electrons. The minimum atomic E-state index is -0.550. The van der Waals surface area contributed by atoms with Crippen molar-refractivity contribution >= 4 is 28.3 Å². The largest absolute Gasteiger partial charge is 0.379 e. The maximum absolute atomic E-state index is 11.2. The Labute approximate surface area is 142 Å². The molecule has 1 aliphatic rings. The minimum Gasteiger partial charge on any atom is -0.379 e. The van der Waals surface area contributed by atoms with Gasteiger partial charge in [0, 0.05) is 19.6 Å². The highest BCUT2D eigenvalue weighted by atomic mass is 32.1. The molecule has 1 amide bonds. The van der Waals surface area contributed by atoms with Crippen molar-refractivity contribution in [2.75, 3.05) is 26.3 Å². The molecule has 24 heavy (non-hydrogen) atoms. The number of hydrogen-bond acceptors (Lipinski definition) is 6. The Kier molecular flexibility index (Phi) is 4.01. The minimum absolute atomic E-state index is 0.235. The number of rotatable bonds is 4. The van der Waals surface area contributed by atoms with Crippen LogP contribution in [0.2, 0.25) is 0 Å². The van der Waals surface area contributed by atoms with Gasteiger partial charge in [-0.2, -0.15) is 0 Å². The van der Waals surface area contributed by atoms with Crippen LogP contribution in [0, 0.1) is 5.38 Å². The number of primary amides is 1. The topological polar surface area (TPSA) is 97.1 Å². The first-order valence-corrected chi connectivity index (χ1v) is 8.48. The van der Waals surface area contributed by atoms with Crippen LogP contribution in [0.5, 0.6) is 0 Å². The summed E-state index contributed by atoms with van der Waals surface area (Å²) in [7, 11) is 0. The van der Waals surface area contributed by atoms with Gasteiger partial charge in [-0.25, -0.2) is 9.97 Å². The van der Waals surface area contributed by atoms with Gasteiger partial charge in [0.1, 0.15) is 5.69 Å². The average Bonchev–Trinajstić information content (AvgIpc) is 3.22. The predicted molar refractivity (Wildman–Crippen MR) is 90.7 cm³/mol. The van der Waals surface area contributed by atoms with Crippen LogP contribution in [-0.2, 0) is 11.3 Å². The fourth-order valence-electron chi connectivity index (χ4n) is 2.74. The number of H-pyrrole nitrogens is 1. The van der Waals surface area contributed by atoms with Gasteiger partial charge < -0.3 is 15.5 Å². The molecular formula is C16H16N5O2S. The highest BCUT2D eigenvalue weighted by Gasteiger charge is 2.14. The van der Waals surface area contributed by atoms with Crippen LogP contribution in [0.4, 0.5) is 0 Å². The van der Waals surface area contributed by atoms with E-state index in [9.17, 15) is 4.79 Å². The van der Waals surface area contributed by atoms with Crippen molar-refractivity contribution in [3.05, 3.63) is 34.2 Å². The second-order valence-electron chi connectivity index (χ2n) is 5.66. The molecule has 0 atom stereocenters. The number of morpholine rings is 1. The summed E-state index contributed by atoms with van der Waals surface area (Å²) in [6.07, 6.45) is 0. The number of ether oxygens (including phenoxy) is 1. The molecule has 4 rings (SSSR count).